The molecule has 1 unspecified atom stereocenters. The maximum Gasteiger partial charge on any atom is 0.0380 e. The lowest BCUT2D eigenvalue weighted by molar-refractivity contribution is 0.550. The van der Waals surface area contributed by atoms with Gasteiger partial charge in [-0.1, -0.05) is 61.5 Å². The van der Waals surface area contributed by atoms with Gasteiger partial charge in [0, 0.05) is 18.5 Å². The zero-order chi connectivity index (χ0) is 14.2. The predicted octanol–water partition coefficient (Wildman–Crippen LogP) is 4.19. The topological polar surface area (TPSA) is 12.0 Å². The summed E-state index contributed by atoms with van der Waals surface area (Å²) in [5.41, 5.74) is 4.02. The van der Waals surface area contributed by atoms with Gasteiger partial charge in [0.05, 0.1) is 0 Å². The lowest BCUT2D eigenvalue weighted by atomic mass is 10.1. The Morgan fingerprint density at radius 1 is 0.900 bits per heavy atom. The summed E-state index contributed by atoms with van der Waals surface area (Å²) in [5.74, 6) is 0.627. The molecule has 1 atom stereocenters. The average molecular weight is 288 g/mol. The number of hydrogen-bond acceptors (Lipinski definition) is 1. The SMILES string of the molecule is CCc1ccc(CNC(CCl)Cc2ccccc2)cc1. The molecule has 0 aromatic heterocycles. The van der Waals surface area contributed by atoms with Gasteiger partial charge in [0.1, 0.15) is 0 Å². The number of alkyl halides is 1. The predicted molar refractivity (Wildman–Crippen MR) is 87.3 cm³/mol. The summed E-state index contributed by atoms with van der Waals surface area (Å²) in [6.45, 7) is 3.05. The lowest BCUT2D eigenvalue weighted by Gasteiger charge is -2.16. The Balaban J connectivity index is 1.86. The molecule has 2 rings (SSSR count). The van der Waals surface area contributed by atoms with Crippen LogP contribution >= 0.6 is 11.6 Å². The minimum absolute atomic E-state index is 0.310. The fraction of sp³-hybridized carbons (Fsp3) is 0.333. The van der Waals surface area contributed by atoms with Crippen LogP contribution in [0.25, 0.3) is 0 Å². The summed E-state index contributed by atoms with van der Waals surface area (Å²) in [7, 11) is 0. The van der Waals surface area contributed by atoms with Crippen LogP contribution < -0.4 is 5.32 Å². The molecule has 0 saturated heterocycles. The van der Waals surface area contributed by atoms with E-state index in [9.17, 15) is 0 Å². The van der Waals surface area contributed by atoms with E-state index >= 15 is 0 Å². The molecule has 0 radical (unpaired) electrons. The van der Waals surface area contributed by atoms with E-state index in [-0.39, 0.29) is 0 Å². The molecular weight excluding hydrogens is 266 g/mol. The molecule has 1 nitrogen and oxygen atoms in total. The minimum atomic E-state index is 0.310. The Bertz CT molecular complexity index is 493. The van der Waals surface area contributed by atoms with Crippen LogP contribution in [0.3, 0.4) is 0 Å². The van der Waals surface area contributed by atoms with E-state index in [0.29, 0.717) is 11.9 Å². The molecule has 0 bridgehead atoms. The monoisotopic (exact) mass is 287 g/mol. The van der Waals surface area contributed by atoms with E-state index < -0.39 is 0 Å². The summed E-state index contributed by atoms with van der Waals surface area (Å²) < 4.78 is 0. The molecule has 20 heavy (non-hydrogen) atoms. The quantitative estimate of drug-likeness (QED) is 0.753. The molecule has 106 valence electrons. The van der Waals surface area contributed by atoms with Crippen molar-refractivity contribution < 1.29 is 0 Å². The van der Waals surface area contributed by atoms with Crippen molar-refractivity contribution in [2.75, 3.05) is 5.88 Å². The molecule has 0 fully saturated rings. The largest absolute Gasteiger partial charge is 0.308 e. The van der Waals surface area contributed by atoms with Gasteiger partial charge in [0.2, 0.25) is 0 Å². The Morgan fingerprint density at radius 2 is 1.55 bits per heavy atom. The maximum atomic E-state index is 6.07. The van der Waals surface area contributed by atoms with Crippen LogP contribution in [0.5, 0.6) is 0 Å². The molecule has 0 saturated carbocycles. The molecule has 2 aromatic rings. The number of nitrogens with one attached hydrogen (secondary N) is 1. The van der Waals surface area contributed by atoms with Gasteiger partial charge in [-0.2, -0.15) is 0 Å². The highest BCUT2D eigenvalue weighted by Crippen LogP contribution is 2.08. The lowest BCUT2D eigenvalue weighted by Crippen LogP contribution is -2.32. The third-order valence-corrected chi connectivity index (χ3v) is 3.91. The fourth-order valence-corrected chi connectivity index (χ4v) is 2.45. The highest BCUT2D eigenvalue weighted by Gasteiger charge is 2.07. The van der Waals surface area contributed by atoms with E-state index in [1.165, 1.54) is 16.7 Å². The molecule has 0 aliphatic heterocycles. The Kier molecular flexibility index (Phi) is 6.10. The summed E-state index contributed by atoms with van der Waals surface area (Å²) in [6.07, 6.45) is 2.06. The first-order valence-electron chi connectivity index (χ1n) is 7.23. The van der Waals surface area contributed by atoms with Crippen LogP contribution in [0.1, 0.15) is 23.6 Å². The summed E-state index contributed by atoms with van der Waals surface area (Å²) in [4.78, 5) is 0. The van der Waals surface area contributed by atoms with Gasteiger partial charge in [0.15, 0.2) is 0 Å². The normalized spacial score (nSPS) is 12.3. The Labute approximate surface area is 127 Å². The van der Waals surface area contributed by atoms with Crippen molar-refractivity contribution in [3.05, 3.63) is 71.3 Å². The first-order valence-corrected chi connectivity index (χ1v) is 7.76. The van der Waals surface area contributed by atoms with Crippen LogP contribution in [0.4, 0.5) is 0 Å². The van der Waals surface area contributed by atoms with Crippen molar-refractivity contribution in [3.8, 4) is 0 Å². The van der Waals surface area contributed by atoms with Crippen molar-refractivity contribution in [3.63, 3.8) is 0 Å². The second kappa shape index (κ2) is 8.08. The van der Waals surface area contributed by atoms with Crippen LogP contribution in [0.2, 0.25) is 0 Å². The van der Waals surface area contributed by atoms with Crippen molar-refractivity contribution in [2.24, 2.45) is 0 Å². The van der Waals surface area contributed by atoms with E-state index in [4.69, 9.17) is 11.6 Å². The van der Waals surface area contributed by atoms with Gasteiger partial charge in [0.25, 0.3) is 0 Å². The van der Waals surface area contributed by atoms with Crippen LogP contribution in [-0.2, 0) is 19.4 Å². The zero-order valence-electron chi connectivity index (χ0n) is 12.0. The first kappa shape index (κ1) is 15.1. The molecule has 0 heterocycles. The van der Waals surface area contributed by atoms with Gasteiger partial charge in [-0.15, -0.1) is 11.6 Å². The number of hydrogen-bond donors (Lipinski definition) is 1. The molecule has 0 spiro atoms. The molecule has 0 aliphatic carbocycles. The van der Waals surface area contributed by atoms with Crippen LogP contribution in [0, 0.1) is 0 Å². The fourth-order valence-electron chi connectivity index (χ4n) is 2.23. The number of rotatable bonds is 7. The van der Waals surface area contributed by atoms with Crippen LogP contribution in [0.15, 0.2) is 54.6 Å². The third-order valence-electron chi connectivity index (χ3n) is 3.54. The minimum Gasteiger partial charge on any atom is -0.308 e. The summed E-state index contributed by atoms with van der Waals surface area (Å²) in [6, 6.07) is 19.6. The molecular formula is C18H22ClN. The van der Waals surface area contributed by atoms with E-state index in [0.717, 1.165) is 19.4 Å². The number of halogens is 1. The molecule has 1 N–H and O–H groups in total. The van der Waals surface area contributed by atoms with E-state index in [1.807, 2.05) is 6.07 Å². The smallest absolute Gasteiger partial charge is 0.0380 e. The second-order valence-electron chi connectivity index (χ2n) is 5.09. The maximum absolute atomic E-state index is 6.07. The van der Waals surface area contributed by atoms with Crippen LogP contribution in [-0.4, -0.2) is 11.9 Å². The third kappa shape index (κ3) is 4.66. The van der Waals surface area contributed by atoms with Crippen molar-refractivity contribution in [2.45, 2.75) is 32.4 Å². The second-order valence-corrected chi connectivity index (χ2v) is 5.40. The average Bonchev–Trinajstić information content (AvgIpc) is 2.53. The molecule has 2 heteroatoms. The number of aryl methyl sites for hydroxylation is 1. The van der Waals surface area contributed by atoms with Gasteiger partial charge in [-0.05, 0) is 29.5 Å². The Morgan fingerprint density at radius 3 is 2.15 bits per heavy atom. The van der Waals surface area contributed by atoms with E-state index in [1.54, 1.807) is 0 Å². The molecule has 2 aromatic carbocycles. The molecule has 0 aliphatic rings. The highest BCUT2D eigenvalue weighted by atomic mass is 35.5. The molecule has 0 amide bonds. The van der Waals surface area contributed by atoms with E-state index in [2.05, 4.69) is 60.8 Å². The first-order chi connectivity index (χ1) is 9.81. The Hall–Kier alpha value is -1.31. The van der Waals surface area contributed by atoms with Gasteiger partial charge < -0.3 is 5.32 Å². The summed E-state index contributed by atoms with van der Waals surface area (Å²) in [5, 5.41) is 3.54. The number of benzene rings is 2. The van der Waals surface area contributed by atoms with Gasteiger partial charge >= 0.3 is 0 Å². The van der Waals surface area contributed by atoms with Crippen molar-refractivity contribution in [1.82, 2.24) is 5.32 Å². The van der Waals surface area contributed by atoms with Crippen molar-refractivity contribution in [1.29, 1.82) is 0 Å². The van der Waals surface area contributed by atoms with Gasteiger partial charge in [-0.25, -0.2) is 0 Å². The highest BCUT2D eigenvalue weighted by molar-refractivity contribution is 6.18. The summed E-state index contributed by atoms with van der Waals surface area (Å²) >= 11 is 6.07. The van der Waals surface area contributed by atoms with Crippen molar-refractivity contribution >= 4 is 11.6 Å². The van der Waals surface area contributed by atoms with Gasteiger partial charge in [-0.3, -0.25) is 0 Å². The zero-order valence-corrected chi connectivity index (χ0v) is 12.7. The standard InChI is InChI=1S/C18H22ClN/c1-2-15-8-10-17(11-9-15)14-20-18(13-19)12-16-6-4-3-5-7-16/h3-11,18,20H,2,12-14H2,1H3.